The number of nitrogens with zero attached hydrogens (tertiary/aromatic N) is 3. The normalized spacial score (nSPS) is 16.7. The number of pyridine rings is 1. The summed E-state index contributed by atoms with van der Waals surface area (Å²) in [6.07, 6.45) is 3.12. The number of hydrogen-bond donors (Lipinski definition) is 2. The van der Waals surface area contributed by atoms with Gasteiger partial charge in [-0.1, -0.05) is 26.0 Å². The quantitative estimate of drug-likeness (QED) is 0.617. The van der Waals surface area contributed by atoms with Crippen LogP contribution in [-0.2, 0) is 0 Å². The van der Waals surface area contributed by atoms with Gasteiger partial charge in [-0.05, 0) is 43.4 Å². The molecule has 0 spiro atoms. The van der Waals surface area contributed by atoms with Crippen LogP contribution in [0.1, 0.15) is 55.6 Å². The SMILES string of the molecule is C[C@@H](Nc1ccccc1C(=O)O)c1cc(F)cn2c(=O)cc(N3CCC(C)(C)CC3)nc12. The molecule has 1 fully saturated rings. The van der Waals surface area contributed by atoms with Crippen LogP contribution in [0.4, 0.5) is 15.9 Å². The van der Waals surface area contributed by atoms with Crippen LogP contribution in [0.25, 0.3) is 5.65 Å². The lowest BCUT2D eigenvalue weighted by atomic mass is 9.83. The van der Waals surface area contributed by atoms with E-state index in [9.17, 15) is 19.1 Å². The summed E-state index contributed by atoms with van der Waals surface area (Å²) in [5.41, 5.74) is 1.25. The monoisotopic (exact) mass is 438 g/mol. The van der Waals surface area contributed by atoms with E-state index in [2.05, 4.69) is 24.1 Å². The number of para-hydroxylation sites is 1. The average Bonchev–Trinajstić information content (AvgIpc) is 2.74. The predicted octanol–water partition coefficient (Wildman–Crippen LogP) is 4.33. The fourth-order valence-electron chi connectivity index (χ4n) is 4.11. The fourth-order valence-corrected chi connectivity index (χ4v) is 4.11. The molecule has 1 aliphatic rings. The zero-order valence-electron chi connectivity index (χ0n) is 18.4. The van der Waals surface area contributed by atoms with Crippen molar-refractivity contribution in [2.24, 2.45) is 5.41 Å². The first kappa shape index (κ1) is 21.8. The Morgan fingerprint density at radius 3 is 2.59 bits per heavy atom. The van der Waals surface area contributed by atoms with E-state index in [4.69, 9.17) is 4.98 Å². The minimum atomic E-state index is -1.06. The Morgan fingerprint density at radius 2 is 1.91 bits per heavy atom. The summed E-state index contributed by atoms with van der Waals surface area (Å²) in [6, 6.07) is 8.82. The smallest absolute Gasteiger partial charge is 0.337 e. The number of nitrogens with one attached hydrogen (secondary N) is 1. The van der Waals surface area contributed by atoms with Crippen LogP contribution in [-0.4, -0.2) is 33.6 Å². The van der Waals surface area contributed by atoms with Crippen LogP contribution in [0.5, 0.6) is 0 Å². The van der Waals surface area contributed by atoms with Gasteiger partial charge in [0.05, 0.1) is 11.6 Å². The standard InChI is InChI=1S/C24H27FN4O3/c1-15(26-19-7-5-4-6-17(19)23(31)32)18-12-16(25)14-29-21(30)13-20(27-22(18)29)28-10-8-24(2,3)9-11-28/h4-7,12-15,26H,8-11H2,1-3H3,(H,31,32)/t15-/m1/s1. The van der Waals surface area contributed by atoms with Crippen molar-refractivity contribution in [1.82, 2.24) is 9.38 Å². The van der Waals surface area contributed by atoms with Crippen LogP contribution < -0.4 is 15.8 Å². The highest BCUT2D eigenvalue weighted by Crippen LogP contribution is 2.32. The molecule has 8 heteroatoms. The summed E-state index contributed by atoms with van der Waals surface area (Å²) < 4.78 is 15.6. The second-order valence-electron chi connectivity index (χ2n) is 9.13. The number of carboxylic acids is 1. The maximum absolute atomic E-state index is 14.4. The fraction of sp³-hybridized carbons (Fsp3) is 0.375. The van der Waals surface area contributed by atoms with Gasteiger partial charge in [0.1, 0.15) is 17.3 Å². The Kier molecular flexibility index (Phi) is 5.62. The number of hydrogen-bond acceptors (Lipinski definition) is 5. The summed E-state index contributed by atoms with van der Waals surface area (Å²) in [5.74, 6) is -1.05. The van der Waals surface area contributed by atoms with E-state index in [1.807, 2.05) is 0 Å². The van der Waals surface area contributed by atoms with Gasteiger partial charge in [0.2, 0.25) is 0 Å². The molecular weight excluding hydrogens is 411 g/mol. The molecule has 168 valence electrons. The summed E-state index contributed by atoms with van der Waals surface area (Å²) in [6.45, 7) is 7.85. The van der Waals surface area contributed by atoms with Gasteiger partial charge >= 0.3 is 5.97 Å². The molecule has 1 aliphatic heterocycles. The van der Waals surface area contributed by atoms with Crippen LogP contribution in [0.15, 0.2) is 47.4 Å². The largest absolute Gasteiger partial charge is 0.478 e. The van der Waals surface area contributed by atoms with E-state index in [1.165, 1.54) is 22.6 Å². The van der Waals surface area contributed by atoms with Crippen molar-refractivity contribution in [3.63, 3.8) is 0 Å². The Balaban J connectivity index is 1.75. The lowest BCUT2D eigenvalue weighted by Crippen LogP contribution is -2.38. The third-order valence-electron chi connectivity index (χ3n) is 6.18. The van der Waals surface area contributed by atoms with Gasteiger partial charge in [-0.15, -0.1) is 0 Å². The van der Waals surface area contributed by atoms with Gasteiger partial charge < -0.3 is 15.3 Å². The number of aromatic carboxylic acids is 1. The molecule has 3 aromatic rings. The molecule has 0 unspecified atom stereocenters. The topological polar surface area (TPSA) is 86.9 Å². The molecule has 32 heavy (non-hydrogen) atoms. The highest BCUT2D eigenvalue weighted by molar-refractivity contribution is 5.94. The van der Waals surface area contributed by atoms with Crippen molar-refractivity contribution in [2.45, 2.75) is 39.7 Å². The number of aromatic nitrogens is 2. The number of piperidine rings is 1. The number of carbonyl (C=O) groups is 1. The minimum Gasteiger partial charge on any atom is -0.478 e. The van der Waals surface area contributed by atoms with Gasteiger partial charge in [0.15, 0.2) is 0 Å². The van der Waals surface area contributed by atoms with Crippen molar-refractivity contribution in [1.29, 1.82) is 0 Å². The molecule has 3 heterocycles. The maximum atomic E-state index is 14.4. The Morgan fingerprint density at radius 1 is 1.22 bits per heavy atom. The molecule has 2 N–H and O–H groups in total. The number of carboxylic acid groups (broad SMARTS) is 1. The number of fused-ring (bicyclic) bond motifs is 1. The van der Waals surface area contributed by atoms with Crippen LogP contribution >= 0.6 is 0 Å². The molecule has 1 aromatic carbocycles. The first-order chi connectivity index (χ1) is 15.1. The minimum absolute atomic E-state index is 0.113. The lowest BCUT2D eigenvalue weighted by molar-refractivity contribution is 0.0698. The molecule has 1 atom stereocenters. The van der Waals surface area contributed by atoms with Crippen LogP contribution in [0, 0.1) is 11.2 Å². The van der Waals surface area contributed by atoms with Crippen LogP contribution in [0.2, 0.25) is 0 Å². The second kappa shape index (κ2) is 8.26. The Hall–Kier alpha value is -3.42. The molecule has 4 rings (SSSR count). The van der Waals surface area contributed by atoms with E-state index in [1.54, 1.807) is 25.1 Å². The van der Waals surface area contributed by atoms with Crippen molar-refractivity contribution in [3.05, 3.63) is 69.9 Å². The molecule has 0 radical (unpaired) electrons. The van der Waals surface area contributed by atoms with Crippen molar-refractivity contribution in [3.8, 4) is 0 Å². The van der Waals surface area contributed by atoms with Crippen LogP contribution in [0.3, 0.4) is 0 Å². The molecular formula is C24H27FN4O3. The number of rotatable bonds is 5. The zero-order chi connectivity index (χ0) is 23.0. The maximum Gasteiger partial charge on any atom is 0.337 e. The predicted molar refractivity (Wildman–Crippen MR) is 122 cm³/mol. The van der Waals surface area contributed by atoms with E-state index in [-0.39, 0.29) is 16.5 Å². The Bertz CT molecular complexity index is 1230. The number of benzene rings is 1. The molecule has 7 nitrogen and oxygen atoms in total. The molecule has 0 saturated carbocycles. The molecule has 1 saturated heterocycles. The number of anilines is 2. The van der Waals surface area contributed by atoms with Gasteiger partial charge in [0, 0.05) is 36.6 Å². The number of halogens is 1. The third-order valence-corrected chi connectivity index (χ3v) is 6.18. The zero-order valence-corrected chi connectivity index (χ0v) is 18.4. The average molecular weight is 439 g/mol. The first-order valence-electron chi connectivity index (χ1n) is 10.7. The van der Waals surface area contributed by atoms with Crippen molar-refractivity contribution >= 4 is 23.1 Å². The van der Waals surface area contributed by atoms with Gasteiger partial charge in [-0.2, -0.15) is 0 Å². The van der Waals surface area contributed by atoms with Gasteiger partial charge in [-0.25, -0.2) is 14.2 Å². The molecule has 0 aliphatic carbocycles. The molecule has 0 amide bonds. The first-order valence-corrected chi connectivity index (χ1v) is 10.7. The summed E-state index contributed by atoms with van der Waals surface area (Å²) in [7, 11) is 0. The van der Waals surface area contributed by atoms with Gasteiger partial charge in [0.25, 0.3) is 5.56 Å². The molecule has 2 aromatic heterocycles. The van der Waals surface area contributed by atoms with E-state index >= 15 is 0 Å². The highest BCUT2D eigenvalue weighted by atomic mass is 19.1. The van der Waals surface area contributed by atoms with E-state index in [0.717, 1.165) is 32.1 Å². The summed E-state index contributed by atoms with van der Waals surface area (Å²) >= 11 is 0. The highest BCUT2D eigenvalue weighted by Gasteiger charge is 2.27. The van der Waals surface area contributed by atoms with E-state index in [0.29, 0.717) is 22.7 Å². The summed E-state index contributed by atoms with van der Waals surface area (Å²) in [5, 5.41) is 12.6. The second-order valence-corrected chi connectivity index (χ2v) is 9.13. The van der Waals surface area contributed by atoms with E-state index < -0.39 is 17.8 Å². The lowest BCUT2D eigenvalue weighted by Gasteiger charge is -2.37. The molecule has 0 bridgehead atoms. The summed E-state index contributed by atoms with van der Waals surface area (Å²) in [4.78, 5) is 31.2. The van der Waals surface area contributed by atoms with Gasteiger partial charge in [-0.3, -0.25) is 9.20 Å². The Labute approximate surface area is 185 Å². The van der Waals surface area contributed by atoms with Crippen molar-refractivity contribution in [2.75, 3.05) is 23.3 Å². The van der Waals surface area contributed by atoms with Crippen molar-refractivity contribution < 1.29 is 14.3 Å². The third kappa shape index (κ3) is 4.30.